The van der Waals surface area contributed by atoms with E-state index in [2.05, 4.69) is 5.32 Å². The number of hydrogen-bond donors (Lipinski definition) is 4. The molecule has 2 aliphatic rings. The van der Waals surface area contributed by atoms with E-state index >= 15 is 0 Å². The van der Waals surface area contributed by atoms with Gasteiger partial charge >= 0.3 is 13.1 Å². The average Bonchev–Trinajstić information content (AvgIpc) is 3.12. The van der Waals surface area contributed by atoms with E-state index in [4.69, 9.17) is 10.0 Å². The zero-order valence-electron chi connectivity index (χ0n) is 13.5. The maximum atomic E-state index is 14.5. The van der Waals surface area contributed by atoms with Crippen molar-refractivity contribution in [3.63, 3.8) is 0 Å². The molecular weight excluding hydrogens is 312 g/mol. The van der Waals surface area contributed by atoms with E-state index < -0.39 is 19.0 Å². The zero-order chi connectivity index (χ0) is 17.3. The Morgan fingerprint density at radius 2 is 2.12 bits per heavy atom. The van der Waals surface area contributed by atoms with Crippen LogP contribution in [0.3, 0.4) is 0 Å². The zero-order valence-corrected chi connectivity index (χ0v) is 13.5. The van der Waals surface area contributed by atoms with Gasteiger partial charge in [0.1, 0.15) is 5.82 Å². The van der Waals surface area contributed by atoms with E-state index in [0.29, 0.717) is 24.8 Å². The Kier molecular flexibility index (Phi) is 5.22. The van der Waals surface area contributed by atoms with E-state index in [1.807, 2.05) is 0 Å². The topological polar surface area (TPSA) is 89.8 Å². The second-order valence-electron chi connectivity index (χ2n) is 6.91. The van der Waals surface area contributed by atoms with E-state index in [9.17, 15) is 14.3 Å². The van der Waals surface area contributed by atoms with Crippen molar-refractivity contribution in [3.05, 3.63) is 34.6 Å². The molecule has 3 rings (SSSR count). The first-order valence-electron chi connectivity index (χ1n) is 8.62. The predicted molar refractivity (Wildman–Crippen MR) is 88.2 cm³/mol. The van der Waals surface area contributed by atoms with E-state index in [1.54, 1.807) is 6.07 Å². The molecule has 1 heterocycles. The van der Waals surface area contributed by atoms with Gasteiger partial charge in [-0.2, -0.15) is 0 Å². The Hall–Kier alpha value is -1.44. The fourth-order valence-corrected chi connectivity index (χ4v) is 4.15. The number of fused-ring (bicyclic) bond motifs is 1. The molecule has 0 bridgehead atoms. The molecular formula is C17H23BFNO4. The summed E-state index contributed by atoms with van der Waals surface area (Å²) in [5, 5.41) is 30.8. The molecule has 3 atom stereocenters. The van der Waals surface area contributed by atoms with E-state index in [-0.39, 0.29) is 24.1 Å². The van der Waals surface area contributed by atoms with Gasteiger partial charge in [-0.1, -0.05) is 12.5 Å². The van der Waals surface area contributed by atoms with Crippen molar-refractivity contribution in [1.29, 1.82) is 0 Å². The second kappa shape index (κ2) is 7.21. The molecule has 7 heteroatoms. The van der Waals surface area contributed by atoms with Gasteiger partial charge in [0.2, 0.25) is 0 Å². The number of carbonyl (C=O) groups is 1. The first kappa shape index (κ1) is 17.4. The molecule has 1 fully saturated rings. The molecule has 5 nitrogen and oxygen atoms in total. The number of hydrogen-bond acceptors (Lipinski definition) is 4. The first-order valence-corrected chi connectivity index (χ1v) is 8.62. The van der Waals surface area contributed by atoms with Crippen LogP contribution in [-0.4, -0.2) is 34.8 Å². The van der Waals surface area contributed by atoms with Gasteiger partial charge in [-0.15, -0.1) is 0 Å². The molecule has 1 aliphatic heterocycles. The van der Waals surface area contributed by atoms with Crippen LogP contribution in [0, 0.1) is 11.7 Å². The highest BCUT2D eigenvalue weighted by molar-refractivity contribution is 6.40. The Morgan fingerprint density at radius 1 is 1.33 bits per heavy atom. The molecule has 0 spiro atoms. The van der Waals surface area contributed by atoms with Crippen LogP contribution in [0.4, 0.5) is 4.39 Å². The standard InChI is InChI=1S/C17H23BFNO4/c19-14-8-11-7-10(3-1-5-18(23)24)16(17(21)22)12(11)9-13(14)15-4-2-6-20-15/h8-10,15-16,20,23-24H,1-7H2,(H,21,22)/t10-,15+,16-/m0/s1. The van der Waals surface area contributed by atoms with Gasteiger partial charge in [0.25, 0.3) is 0 Å². The molecule has 1 aromatic carbocycles. The number of carboxylic acid groups (broad SMARTS) is 1. The van der Waals surface area contributed by atoms with Gasteiger partial charge in [-0.05, 0) is 61.7 Å². The third-order valence-electron chi connectivity index (χ3n) is 5.29. The third-order valence-corrected chi connectivity index (χ3v) is 5.29. The third kappa shape index (κ3) is 3.48. The normalized spacial score (nSPS) is 25.7. The Balaban J connectivity index is 1.84. The summed E-state index contributed by atoms with van der Waals surface area (Å²) in [5.74, 6) is -1.91. The van der Waals surface area contributed by atoms with Crippen molar-refractivity contribution >= 4 is 13.1 Å². The fourth-order valence-electron chi connectivity index (χ4n) is 4.15. The number of halogens is 1. The summed E-state index contributed by atoms with van der Waals surface area (Å²) in [6, 6.07) is 3.21. The lowest BCUT2D eigenvalue weighted by Gasteiger charge is -2.18. The highest BCUT2D eigenvalue weighted by Crippen LogP contribution is 2.43. The molecule has 24 heavy (non-hydrogen) atoms. The monoisotopic (exact) mass is 335 g/mol. The van der Waals surface area contributed by atoms with Gasteiger partial charge in [0.15, 0.2) is 0 Å². The minimum atomic E-state index is -1.37. The second-order valence-corrected chi connectivity index (χ2v) is 6.91. The maximum Gasteiger partial charge on any atom is 0.451 e. The summed E-state index contributed by atoms with van der Waals surface area (Å²) >= 11 is 0. The molecule has 0 amide bonds. The van der Waals surface area contributed by atoms with Crippen molar-refractivity contribution < 1.29 is 24.3 Å². The van der Waals surface area contributed by atoms with Crippen LogP contribution in [0.5, 0.6) is 0 Å². The molecule has 1 saturated heterocycles. The highest BCUT2D eigenvalue weighted by atomic mass is 19.1. The van der Waals surface area contributed by atoms with E-state index in [1.165, 1.54) is 6.07 Å². The number of carboxylic acids is 1. The summed E-state index contributed by atoms with van der Waals surface area (Å²) in [4.78, 5) is 11.8. The van der Waals surface area contributed by atoms with Gasteiger partial charge in [0.05, 0.1) is 5.92 Å². The van der Waals surface area contributed by atoms with Gasteiger partial charge in [0, 0.05) is 11.6 Å². The minimum Gasteiger partial charge on any atom is -0.481 e. The quantitative estimate of drug-likeness (QED) is 0.596. The van der Waals surface area contributed by atoms with Crippen LogP contribution in [0.15, 0.2) is 12.1 Å². The van der Waals surface area contributed by atoms with Gasteiger partial charge in [-0.25, -0.2) is 4.39 Å². The highest BCUT2D eigenvalue weighted by Gasteiger charge is 2.38. The molecule has 0 saturated carbocycles. The number of rotatable bonds is 6. The number of benzene rings is 1. The smallest absolute Gasteiger partial charge is 0.451 e. The lowest BCUT2D eigenvalue weighted by atomic mass is 9.80. The van der Waals surface area contributed by atoms with Crippen LogP contribution < -0.4 is 5.32 Å². The minimum absolute atomic E-state index is 0.0340. The van der Waals surface area contributed by atoms with Gasteiger partial charge in [-0.3, -0.25) is 4.79 Å². The summed E-state index contributed by atoms with van der Waals surface area (Å²) in [7, 11) is -1.37. The molecule has 0 aromatic heterocycles. The number of aliphatic carboxylic acids is 1. The average molecular weight is 335 g/mol. The maximum absolute atomic E-state index is 14.5. The predicted octanol–water partition coefficient (Wildman–Crippen LogP) is 1.84. The lowest BCUT2D eigenvalue weighted by molar-refractivity contribution is -0.139. The van der Waals surface area contributed by atoms with Crippen LogP contribution in [-0.2, 0) is 11.2 Å². The van der Waals surface area contributed by atoms with Crippen molar-refractivity contribution in [2.75, 3.05) is 6.54 Å². The molecule has 0 radical (unpaired) electrons. The first-order chi connectivity index (χ1) is 11.5. The SMILES string of the molecule is O=C(O)[C@@H]1c2cc([C@H]3CCCN3)c(F)cc2C[C@@H]1CCCB(O)O. The van der Waals surface area contributed by atoms with Crippen molar-refractivity contribution in [2.24, 2.45) is 5.92 Å². The molecule has 4 N–H and O–H groups in total. The Bertz CT molecular complexity index is 619. The lowest BCUT2D eigenvalue weighted by Crippen LogP contribution is -2.19. The van der Waals surface area contributed by atoms with Crippen LogP contribution in [0.1, 0.15) is 54.3 Å². The molecule has 0 unspecified atom stereocenters. The molecule has 130 valence electrons. The largest absolute Gasteiger partial charge is 0.481 e. The fraction of sp³-hybridized carbons (Fsp3) is 0.588. The van der Waals surface area contributed by atoms with Crippen LogP contribution in [0.2, 0.25) is 6.32 Å². The van der Waals surface area contributed by atoms with Crippen molar-refractivity contribution in [3.8, 4) is 0 Å². The summed E-state index contributed by atoms with van der Waals surface area (Å²) < 4.78 is 14.5. The summed E-state index contributed by atoms with van der Waals surface area (Å²) in [6.07, 6.45) is 3.75. The van der Waals surface area contributed by atoms with Crippen molar-refractivity contribution in [1.82, 2.24) is 5.32 Å². The molecule has 1 aliphatic carbocycles. The van der Waals surface area contributed by atoms with Gasteiger partial charge < -0.3 is 20.5 Å². The Morgan fingerprint density at radius 3 is 2.75 bits per heavy atom. The Labute approximate surface area is 141 Å². The van der Waals surface area contributed by atoms with Crippen LogP contribution in [0.25, 0.3) is 0 Å². The van der Waals surface area contributed by atoms with E-state index in [0.717, 1.165) is 30.5 Å². The molecule has 1 aromatic rings. The van der Waals surface area contributed by atoms with Crippen LogP contribution >= 0.6 is 0 Å². The summed E-state index contributed by atoms with van der Waals surface area (Å²) in [6.45, 7) is 0.857. The van der Waals surface area contributed by atoms with Crippen molar-refractivity contribution in [2.45, 2.75) is 50.4 Å². The summed E-state index contributed by atoms with van der Waals surface area (Å²) in [5.41, 5.74) is 2.07. The number of nitrogens with one attached hydrogen (secondary N) is 1.